The number of amides is 2. The first-order chi connectivity index (χ1) is 11.3. The summed E-state index contributed by atoms with van der Waals surface area (Å²) in [7, 11) is -2.96. The first-order valence-corrected chi connectivity index (χ1v) is 10.1. The third-order valence-electron chi connectivity index (χ3n) is 4.27. The van der Waals surface area contributed by atoms with Crippen LogP contribution in [-0.4, -0.2) is 49.7 Å². The molecule has 7 heteroatoms. The minimum Gasteiger partial charge on any atom is -0.339 e. The van der Waals surface area contributed by atoms with Crippen LogP contribution in [0.1, 0.15) is 37.0 Å². The van der Waals surface area contributed by atoms with Gasteiger partial charge in [0.2, 0.25) is 5.91 Å². The summed E-state index contributed by atoms with van der Waals surface area (Å²) in [5.41, 5.74) is 1.19. The molecular formula is C17H24N2O4S. The fourth-order valence-electron chi connectivity index (χ4n) is 2.90. The van der Waals surface area contributed by atoms with E-state index in [0.29, 0.717) is 30.8 Å². The molecule has 1 aromatic carbocycles. The second kappa shape index (κ2) is 7.79. The molecule has 1 fully saturated rings. The van der Waals surface area contributed by atoms with Crippen LogP contribution in [0.15, 0.2) is 24.3 Å². The van der Waals surface area contributed by atoms with Gasteiger partial charge in [-0.05, 0) is 50.5 Å². The number of nitrogens with zero attached hydrogens (tertiary/aromatic N) is 1. The molecule has 132 valence electrons. The van der Waals surface area contributed by atoms with Gasteiger partial charge in [-0.25, -0.2) is 8.42 Å². The number of anilines is 1. The zero-order chi connectivity index (χ0) is 17.7. The van der Waals surface area contributed by atoms with E-state index in [2.05, 4.69) is 5.32 Å². The Morgan fingerprint density at radius 3 is 2.29 bits per heavy atom. The molecule has 6 nitrogen and oxygen atoms in total. The third kappa shape index (κ3) is 4.80. The largest absolute Gasteiger partial charge is 0.339 e. The summed E-state index contributed by atoms with van der Waals surface area (Å²) in [5.74, 6) is -0.0577. The Morgan fingerprint density at radius 1 is 1.17 bits per heavy atom. The topological polar surface area (TPSA) is 83.6 Å². The molecule has 0 bridgehead atoms. The zero-order valence-corrected chi connectivity index (χ0v) is 14.9. The molecule has 0 radical (unpaired) electrons. The van der Waals surface area contributed by atoms with E-state index >= 15 is 0 Å². The van der Waals surface area contributed by atoms with E-state index in [-0.39, 0.29) is 35.7 Å². The molecule has 1 aromatic rings. The lowest BCUT2D eigenvalue weighted by molar-refractivity contribution is -0.116. The van der Waals surface area contributed by atoms with E-state index in [0.717, 1.165) is 0 Å². The van der Waals surface area contributed by atoms with Crippen LogP contribution < -0.4 is 5.32 Å². The smallest absolute Gasteiger partial charge is 0.253 e. The lowest BCUT2D eigenvalue weighted by Crippen LogP contribution is -2.30. The van der Waals surface area contributed by atoms with Crippen LogP contribution in [0, 0.1) is 5.92 Å². The lowest BCUT2D eigenvalue weighted by atomic mass is 10.0. The van der Waals surface area contributed by atoms with Gasteiger partial charge in [0, 0.05) is 30.8 Å². The normalized spacial score (nSPS) is 19.0. The van der Waals surface area contributed by atoms with Gasteiger partial charge in [-0.2, -0.15) is 0 Å². The number of carbonyl (C=O) groups is 2. The molecule has 1 N–H and O–H groups in total. The van der Waals surface area contributed by atoms with Gasteiger partial charge >= 0.3 is 0 Å². The maximum absolute atomic E-state index is 12.2. The second-order valence-electron chi connectivity index (χ2n) is 6.08. The van der Waals surface area contributed by atoms with Crippen molar-refractivity contribution < 1.29 is 18.0 Å². The van der Waals surface area contributed by atoms with Gasteiger partial charge in [-0.1, -0.05) is 0 Å². The molecular weight excluding hydrogens is 328 g/mol. The van der Waals surface area contributed by atoms with Crippen LogP contribution in [0.2, 0.25) is 0 Å². The molecule has 24 heavy (non-hydrogen) atoms. The van der Waals surface area contributed by atoms with E-state index in [9.17, 15) is 18.0 Å². The highest BCUT2D eigenvalue weighted by Crippen LogP contribution is 2.22. The zero-order valence-electron chi connectivity index (χ0n) is 14.1. The Labute approximate surface area is 143 Å². The monoisotopic (exact) mass is 352 g/mol. The Morgan fingerprint density at radius 2 is 1.79 bits per heavy atom. The molecule has 0 aromatic heterocycles. The van der Waals surface area contributed by atoms with Crippen molar-refractivity contribution in [1.29, 1.82) is 0 Å². The lowest BCUT2D eigenvalue weighted by Gasteiger charge is -2.18. The summed E-state index contributed by atoms with van der Waals surface area (Å²) in [6.07, 6.45) is 0.756. The highest BCUT2D eigenvalue weighted by molar-refractivity contribution is 7.91. The van der Waals surface area contributed by atoms with Crippen molar-refractivity contribution in [2.24, 2.45) is 5.92 Å². The van der Waals surface area contributed by atoms with Gasteiger partial charge in [-0.15, -0.1) is 0 Å². The average molecular weight is 352 g/mol. The van der Waals surface area contributed by atoms with E-state index in [4.69, 9.17) is 0 Å². The highest BCUT2D eigenvalue weighted by Gasteiger charge is 2.29. The Hall–Kier alpha value is -1.89. The first-order valence-electron chi connectivity index (χ1n) is 8.24. The first kappa shape index (κ1) is 18.4. The average Bonchev–Trinajstić information content (AvgIpc) is 2.87. The predicted molar refractivity (Wildman–Crippen MR) is 93.7 cm³/mol. The van der Waals surface area contributed by atoms with Crippen molar-refractivity contribution in [2.75, 3.05) is 29.9 Å². The summed E-state index contributed by atoms with van der Waals surface area (Å²) in [6, 6.07) is 6.77. The maximum atomic E-state index is 12.2. The molecule has 1 saturated heterocycles. The van der Waals surface area contributed by atoms with E-state index in [1.807, 2.05) is 13.8 Å². The second-order valence-corrected chi connectivity index (χ2v) is 8.30. The van der Waals surface area contributed by atoms with E-state index < -0.39 is 9.84 Å². The minimum absolute atomic E-state index is 0.0333. The number of hydrogen-bond acceptors (Lipinski definition) is 4. The van der Waals surface area contributed by atoms with E-state index in [1.165, 1.54) is 0 Å². The SMILES string of the molecule is CCN(CC)C(=O)c1ccc(NC(=O)C[C@@H]2CCS(=O)(=O)C2)cc1. The van der Waals surface area contributed by atoms with Crippen LogP contribution in [0.5, 0.6) is 0 Å². The molecule has 1 aliphatic heterocycles. The third-order valence-corrected chi connectivity index (χ3v) is 6.10. The van der Waals surface area contributed by atoms with Gasteiger partial charge in [0.05, 0.1) is 11.5 Å². The summed E-state index contributed by atoms with van der Waals surface area (Å²) < 4.78 is 22.8. The number of hydrogen-bond donors (Lipinski definition) is 1. The van der Waals surface area contributed by atoms with Crippen LogP contribution in [0.3, 0.4) is 0 Å². The standard InChI is InChI=1S/C17H24N2O4S/c1-3-19(4-2)17(21)14-5-7-15(8-6-14)18-16(20)11-13-9-10-24(22,23)12-13/h5-8,13H,3-4,9-12H2,1-2H3,(H,18,20)/t13-/m0/s1. The highest BCUT2D eigenvalue weighted by atomic mass is 32.2. The molecule has 1 heterocycles. The Kier molecular flexibility index (Phi) is 5.99. The number of sulfone groups is 1. The summed E-state index contributed by atoms with van der Waals surface area (Å²) >= 11 is 0. The molecule has 1 atom stereocenters. The van der Waals surface area contributed by atoms with Crippen molar-refractivity contribution in [3.05, 3.63) is 29.8 Å². The van der Waals surface area contributed by atoms with E-state index in [1.54, 1.807) is 29.2 Å². The molecule has 0 aliphatic carbocycles. The predicted octanol–water partition coefficient (Wildman–Crippen LogP) is 1.93. The van der Waals surface area contributed by atoms with Gasteiger partial charge in [0.1, 0.15) is 0 Å². The molecule has 0 unspecified atom stereocenters. The number of benzene rings is 1. The fraction of sp³-hybridized carbons (Fsp3) is 0.529. The molecule has 0 saturated carbocycles. The number of nitrogens with one attached hydrogen (secondary N) is 1. The maximum Gasteiger partial charge on any atom is 0.253 e. The minimum atomic E-state index is -2.96. The van der Waals surface area contributed by atoms with Crippen molar-refractivity contribution in [3.63, 3.8) is 0 Å². The van der Waals surface area contributed by atoms with Gasteiger partial charge < -0.3 is 10.2 Å². The van der Waals surface area contributed by atoms with Gasteiger partial charge in [0.15, 0.2) is 9.84 Å². The summed E-state index contributed by atoms with van der Waals surface area (Å²) in [6.45, 7) is 5.16. The summed E-state index contributed by atoms with van der Waals surface area (Å²) in [5, 5.41) is 2.76. The van der Waals surface area contributed by atoms with Gasteiger partial charge in [0.25, 0.3) is 5.91 Å². The Balaban J connectivity index is 1.92. The molecule has 2 amide bonds. The van der Waals surface area contributed by atoms with Crippen molar-refractivity contribution in [3.8, 4) is 0 Å². The van der Waals surface area contributed by atoms with Gasteiger partial charge in [-0.3, -0.25) is 9.59 Å². The van der Waals surface area contributed by atoms with Crippen molar-refractivity contribution >= 4 is 27.3 Å². The number of carbonyl (C=O) groups excluding carboxylic acids is 2. The Bertz CT molecular complexity index is 694. The summed E-state index contributed by atoms with van der Waals surface area (Å²) in [4.78, 5) is 26.0. The molecule has 0 spiro atoms. The van der Waals surface area contributed by atoms with Crippen LogP contribution in [-0.2, 0) is 14.6 Å². The van der Waals surface area contributed by atoms with Crippen LogP contribution in [0.4, 0.5) is 5.69 Å². The quantitative estimate of drug-likeness (QED) is 0.848. The van der Waals surface area contributed by atoms with Crippen LogP contribution >= 0.6 is 0 Å². The fourth-order valence-corrected chi connectivity index (χ4v) is 4.76. The number of rotatable bonds is 6. The molecule has 1 aliphatic rings. The van der Waals surface area contributed by atoms with Crippen LogP contribution in [0.25, 0.3) is 0 Å². The molecule has 2 rings (SSSR count). The van der Waals surface area contributed by atoms with Crippen molar-refractivity contribution in [1.82, 2.24) is 4.90 Å². The van der Waals surface area contributed by atoms with Crippen molar-refractivity contribution in [2.45, 2.75) is 26.7 Å².